The normalized spacial score (nSPS) is 18.9. The molecule has 184 valence electrons. The molecule has 35 heavy (non-hydrogen) atoms. The Kier molecular flexibility index (Phi) is 6.92. The summed E-state index contributed by atoms with van der Waals surface area (Å²) in [4.78, 5) is 43.9. The van der Waals surface area contributed by atoms with Gasteiger partial charge in [0.1, 0.15) is 24.7 Å². The van der Waals surface area contributed by atoms with Crippen molar-refractivity contribution < 1.29 is 23.5 Å². The number of rotatable bonds is 5. The van der Waals surface area contributed by atoms with Crippen molar-refractivity contribution in [2.75, 3.05) is 56.5 Å². The number of piperazine rings is 1. The lowest BCUT2D eigenvalue weighted by Gasteiger charge is -2.36. The average molecular weight is 499 g/mol. The lowest BCUT2D eigenvalue weighted by atomic mass is 10.1. The molecule has 2 aromatic carbocycles. The van der Waals surface area contributed by atoms with Crippen LogP contribution in [0.1, 0.15) is 11.1 Å². The van der Waals surface area contributed by atoms with E-state index in [1.54, 1.807) is 4.90 Å². The number of benzene rings is 2. The van der Waals surface area contributed by atoms with Crippen molar-refractivity contribution in [3.05, 3.63) is 59.4 Å². The summed E-state index contributed by atoms with van der Waals surface area (Å²) >= 11 is 0.932. The monoisotopic (exact) mass is 498 g/mol. The molecule has 0 bridgehead atoms. The molecule has 3 heterocycles. The maximum absolute atomic E-state index is 13.2. The predicted octanol–water partition coefficient (Wildman–Crippen LogP) is 2.56. The number of carbonyl (C=O) groups is 3. The highest BCUT2D eigenvalue weighted by molar-refractivity contribution is 8.14. The van der Waals surface area contributed by atoms with Crippen LogP contribution < -0.4 is 9.64 Å². The van der Waals surface area contributed by atoms with E-state index in [2.05, 4.69) is 21.9 Å². The van der Waals surface area contributed by atoms with Crippen LogP contribution in [-0.2, 0) is 22.7 Å². The molecule has 2 fully saturated rings. The molecule has 10 heteroatoms. The fourth-order valence-electron chi connectivity index (χ4n) is 4.60. The van der Waals surface area contributed by atoms with Crippen LogP contribution in [0.2, 0.25) is 0 Å². The van der Waals surface area contributed by atoms with Gasteiger partial charge in [-0.05, 0) is 42.0 Å². The standard InChI is InChI=1S/C25H27FN4O4S/c26-20-2-4-21(5-3-20)28-9-7-27(8-10-28)14-18-1-6-22-19(13-18)15-29(11-12-34-22)23(31)16-30-24(32)17-35-25(30)33/h1-6,13H,7-12,14-17H2. The van der Waals surface area contributed by atoms with Crippen molar-refractivity contribution in [3.8, 4) is 5.75 Å². The quantitative estimate of drug-likeness (QED) is 0.627. The first-order valence-corrected chi connectivity index (χ1v) is 12.7. The first-order chi connectivity index (χ1) is 17.0. The van der Waals surface area contributed by atoms with E-state index >= 15 is 0 Å². The van der Waals surface area contributed by atoms with Gasteiger partial charge in [0.2, 0.25) is 11.8 Å². The highest BCUT2D eigenvalue weighted by Crippen LogP contribution is 2.26. The summed E-state index contributed by atoms with van der Waals surface area (Å²) in [6.45, 7) is 5.23. The summed E-state index contributed by atoms with van der Waals surface area (Å²) in [6.07, 6.45) is 0. The van der Waals surface area contributed by atoms with Crippen molar-refractivity contribution in [1.29, 1.82) is 0 Å². The van der Waals surface area contributed by atoms with Crippen molar-refractivity contribution in [1.82, 2.24) is 14.7 Å². The number of anilines is 1. The van der Waals surface area contributed by atoms with E-state index in [0.717, 1.165) is 71.9 Å². The third kappa shape index (κ3) is 5.43. The lowest BCUT2D eigenvalue weighted by Crippen LogP contribution is -2.46. The molecule has 2 aromatic rings. The van der Waals surface area contributed by atoms with E-state index in [1.807, 2.05) is 18.2 Å². The van der Waals surface area contributed by atoms with E-state index in [0.29, 0.717) is 19.7 Å². The van der Waals surface area contributed by atoms with Gasteiger partial charge in [-0.3, -0.25) is 24.2 Å². The van der Waals surface area contributed by atoms with Crippen LogP contribution in [0.5, 0.6) is 5.75 Å². The van der Waals surface area contributed by atoms with Crippen LogP contribution in [0.4, 0.5) is 14.9 Å². The molecule has 0 unspecified atom stereocenters. The molecule has 8 nitrogen and oxygen atoms in total. The van der Waals surface area contributed by atoms with Gasteiger partial charge >= 0.3 is 0 Å². The minimum absolute atomic E-state index is 0.0968. The number of amides is 3. The molecule has 3 aliphatic rings. The Hall–Kier alpha value is -3.11. The van der Waals surface area contributed by atoms with E-state index in [-0.39, 0.29) is 35.2 Å². The molecule has 3 amide bonds. The number of halogens is 1. The number of ether oxygens (including phenoxy) is 1. The Labute approximate surface area is 207 Å². The Morgan fingerprint density at radius 2 is 1.77 bits per heavy atom. The number of thioether (sulfide) groups is 1. The fourth-order valence-corrected chi connectivity index (χ4v) is 5.33. The number of nitrogens with zero attached hydrogens (tertiary/aromatic N) is 4. The van der Waals surface area contributed by atoms with E-state index in [4.69, 9.17) is 4.74 Å². The van der Waals surface area contributed by atoms with Crippen LogP contribution in [0.25, 0.3) is 0 Å². The minimum Gasteiger partial charge on any atom is -0.491 e. The molecule has 0 atom stereocenters. The summed E-state index contributed by atoms with van der Waals surface area (Å²) in [5.41, 5.74) is 3.10. The van der Waals surface area contributed by atoms with Crippen LogP contribution in [0.3, 0.4) is 0 Å². The summed E-state index contributed by atoms with van der Waals surface area (Å²) in [5, 5.41) is -0.364. The molecule has 0 spiro atoms. The van der Waals surface area contributed by atoms with Gasteiger partial charge in [-0.2, -0.15) is 0 Å². The van der Waals surface area contributed by atoms with Crippen molar-refractivity contribution in [2.45, 2.75) is 13.1 Å². The molecule has 0 saturated carbocycles. The zero-order chi connectivity index (χ0) is 24.4. The van der Waals surface area contributed by atoms with E-state index in [1.165, 1.54) is 12.1 Å². The second kappa shape index (κ2) is 10.2. The molecular weight excluding hydrogens is 471 g/mol. The zero-order valence-electron chi connectivity index (χ0n) is 19.3. The SMILES string of the molecule is O=C(CN1C(=O)CSC1=O)N1CCOc2ccc(CN3CCN(c4ccc(F)cc4)CC3)cc2C1. The topological polar surface area (TPSA) is 73.4 Å². The molecule has 3 aliphatic heterocycles. The van der Waals surface area contributed by atoms with Crippen LogP contribution in [0.15, 0.2) is 42.5 Å². The highest BCUT2D eigenvalue weighted by atomic mass is 32.2. The number of imide groups is 1. The molecule has 2 saturated heterocycles. The largest absolute Gasteiger partial charge is 0.491 e. The Bertz CT molecular complexity index is 1100. The summed E-state index contributed by atoms with van der Waals surface area (Å²) in [6, 6.07) is 12.7. The van der Waals surface area contributed by atoms with Gasteiger partial charge in [-0.1, -0.05) is 17.8 Å². The van der Waals surface area contributed by atoms with Gasteiger partial charge in [0.05, 0.1) is 12.3 Å². The Morgan fingerprint density at radius 3 is 2.49 bits per heavy atom. The predicted molar refractivity (Wildman–Crippen MR) is 131 cm³/mol. The second-order valence-corrected chi connectivity index (χ2v) is 9.81. The fraction of sp³-hybridized carbons (Fsp3) is 0.400. The average Bonchev–Trinajstić information content (AvgIpc) is 3.05. The van der Waals surface area contributed by atoms with Crippen molar-refractivity contribution >= 4 is 34.5 Å². The molecule has 0 radical (unpaired) electrons. The molecule has 0 aromatic heterocycles. The first kappa shape index (κ1) is 23.6. The van der Waals surface area contributed by atoms with Gasteiger partial charge in [0.25, 0.3) is 5.24 Å². The zero-order valence-corrected chi connectivity index (χ0v) is 20.1. The van der Waals surface area contributed by atoms with Gasteiger partial charge < -0.3 is 14.5 Å². The maximum atomic E-state index is 13.2. The van der Waals surface area contributed by atoms with Gasteiger partial charge in [-0.15, -0.1) is 0 Å². The van der Waals surface area contributed by atoms with E-state index < -0.39 is 0 Å². The minimum atomic E-state index is -0.364. The summed E-state index contributed by atoms with van der Waals surface area (Å²) < 4.78 is 19.1. The van der Waals surface area contributed by atoms with Gasteiger partial charge in [0.15, 0.2) is 0 Å². The van der Waals surface area contributed by atoms with Crippen molar-refractivity contribution in [2.24, 2.45) is 0 Å². The Morgan fingerprint density at radius 1 is 1.00 bits per heavy atom. The molecule has 0 N–H and O–H groups in total. The van der Waals surface area contributed by atoms with Gasteiger partial charge in [-0.25, -0.2) is 4.39 Å². The lowest BCUT2D eigenvalue weighted by molar-refractivity contribution is -0.137. The number of hydrogen-bond donors (Lipinski definition) is 0. The maximum Gasteiger partial charge on any atom is 0.289 e. The second-order valence-electron chi connectivity index (χ2n) is 8.88. The van der Waals surface area contributed by atoms with E-state index in [9.17, 15) is 18.8 Å². The molecular formula is C25H27FN4O4S. The van der Waals surface area contributed by atoms with Crippen LogP contribution in [0, 0.1) is 5.82 Å². The molecule has 0 aliphatic carbocycles. The third-order valence-electron chi connectivity index (χ3n) is 6.56. The van der Waals surface area contributed by atoms with Crippen LogP contribution >= 0.6 is 11.8 Å². The molecule has 5 rings (SSSR count). The summed E-state index contributed by atoms with van der Waals surface area (Å²) in [5.74, 6) is 0.0556. The smallest absolute Gasteiger partial charge is 0.289 e. The number of fused-ring (bicyclic) bond motifs is 1. The Balaban J connectivity index is 1.19. The summed E-state index contributed by atoms with van der Waals surface area (Å²) in [7, 11) is 0. The van der Waals surface area contributed by atoms with Crippen LogP contribution in [-0.4, -0.2) is 83.4 Å². The number of hydrogen-bond acceptors (Lipinski definition) is 7. The first-order valence-electron chi connectivity index (χ1n) is 11.7. The third-order valence-corrected chi connectivity index (χ3v) is 7.42. The van der Waals surface area contributed by atoms with Gasteiger partial charge in [0, 0.05) is 50.5 Å². The number of carbonyl (C=O) groups excluding carboxylic acids is 3. The highest BCUT2D eigenvalue weighted by Gasteiger charge is 2.33. The van der Waals surface area contributed by atoms with Crippen molar-refractivity contribution in [3.63, 3.8) is 0 Å².